The summed E-state index contributed by atoms with van der Waals surface area (Å²) in [6, 6.07) is 6.30. The van der Waals surface area contributed by atoms with Gasteiger partial charge in [0.25, 0.3) is 0 Å². The van der Waals surface area contributed by atoms with Crippen LogP contribution in [0.15, 0.2) is 18.2 Å². The number of benzene rings is 1. The zero-order chi connectivity index (χ0) is 13.2. The molecule has 0 aliphatic carbocycles. The first-order chi connectivity index (χ1) is 8.58. The van der Waals surface area contributed by atoms with Gasteiger partial charge in [-0.1, -0.05) is 24.6 Å². The third kappa shape index (κ3) is 2.68. The van der Waals surface area contributed by atoms with Crippen molar-refractivity contribution < 1.29 is 9.47 Å². The van der Waals surface area contributed by atoms with Gasteiger partial charge in [-0.3, -0.25) is 0 Å². The molecule has 1 heterocycles. The van der Waals surface area contributed by atoms with Crippen molar-refractivity contribution in [2.75, 3.05) is 26.9 Å². The van der Waals surface area contributed by atoms with Gasteiger partial charge in [0, 0.05) is 11.3 Å². The van der Waals surface area contributed by atoms with Gasteiger partial charge in [0.05, 0.1) is 20.3 Å². The van der Waals surface area contributed by atoms with Crippen molar-refractivity contribution in [1.29, 1.82) is 0 Å². The summed E-state index contributed by atoms with van der Waals surface area (Å²) in [7, 11) is 1.72. The fourth-order valence-electron chi connectivity index (χ4n) is 2.66. The van der Waals surface area contributed by atoms with Gasteiger partial charge in [0.1, 0.15) is 5.75 Å². The molecule has 0 aromatic heterocycles. The van der Waals surface area contributed by atoms with E-state index in [0.29, 0.717) is 12.5 Å². The van der Waals surface area contributed by atoms with E-state index in [1.807, 2.05) is 6.07 Å². The van der Waals surface area contributed by atoms with Gasteiger partial charge >= 0.3 is 0 Å². The van der Waals surface area contributed by atoms with E-state index in [1.165, 1.54) is 11.1 Å². The van der Waals surface area contributed by atoms with Crippen molar-refractivity contribution in [2.24, 2.45) is 11.1 Å². The summed E-state index contributed by atoms with van der Waals surface area (Å²) in [4.78, 5) is 0. The number of hydrogen-bond acceptors (Lipinski definition) is 3. The molecule has 1 aliphatic rings. The standard InChI is InChI=1S/C15H23NO2/c1-11-4-5-14(17-3)13(6-11)12(8-16)7-15(2)9-18-10-15/h4-6,12H,7-10,16H2,1-3H3. The molecular formula is C15H23NO2. The number of methoxy groups -OCH3 is 1. The molecule has 3 nitrogen and oxygen atoms in total. The lowest BCUT2D eigenvalue weighted by Crippen LogP contribution is -2.41. The molecule has 1 saturated heterocycles. The molecule has 0 saturated carbocycles. The number of hydrogen-bond donors (Lipinski definition) is 1. The zero-order valence-corrected chi connectivity index (χ0v) is 11.5. The van der Waals surface area contributed by atoms with Crippen LogP contribution < -0.4 is 10.5 Å². The molecule has 1 aromatic carbocycles. The second-order valence-electron chi connectivity index (χ2n) is 5.69. The zero-order valence-electron chi connectivity index (χ0n) is 11.5. The molecule has 100 valence electrons. The van der Waals surface area contributed by atoms with Crippen LogP contribution >= 0.6 is 0 Å². The normalized spacial score (nSPS) is 19.1. The SMILES string of the molecule is COc1ccc(C)cc1C(CN)CC1(C)COC1. The molecular weight excluding hydrogens is 226 g/mol. The largest absolute Gasteiger partial charge is 0.496 e. The van der Waals surface area contributed by atoms with Crippen molar-refractivity contribution in [1.82, 2.24) is 0 Å². The van der Waals surface area contributed by atoms with Crippen LogP contribution in [0.25, 0.3) is 0 Å². The number of ether oxygens (including phenoxy) is 2. The van der Waals surface area contributed by atoms with Crippen LogP contribution in [0.5, 0.6) is 5.75 Å². The average Bonchev–Trinajstić information content (AvgIpc) is 2.33. The van der Waals surface area contributed by atoms with Crippen molar-refractivity contribution in [3.05, 3.63) is 29.3 Å². The molecule has 0 amide bonds. The highest BCUT2D eigenvalue weighted by Gasteiger charge is 2.36. The summed E-state index contributed by atoms with van der Waals surface area (Å²) in [5, 5.41) is 0. The Hall–Kier alpha value is -1.06. The van der Waals surface area contributed by atoms with Gasteiger partial charge in [-0.25, -0.2) is 0 Å². The molecule has 3 heteroatoms. The molecule has 1 unspecified atom stereocenters. The minimum atomic E-state index is 0.277. The Morgan fingerprint density at radius 1 is 1.44 bits per heavy atom. The number of rotatable bonds is 5. The predicted molar refractivity (Wildman–Crippen MR) is 73.1 cm³/mol. The van der Waals surface area contributed by atoms with Gasteiger partial charge in [-0.2, -0.15) is 0 Å². The highest BCUT2D eigenvalue weighted by molar-refractivity contribution is 5.39. The Kier molecular flexibility index (Phi) is 3.93. The molecule has 2 rings (SSSR count). The van der Waals surface area contributed by atoms with E-state index < -0.39 is 0 Å². The highest BCUT2D eigenvalue weighted by atomic mass is 16.5. The number of nitrogens with two attached hydrogens (primary N) is 1. The van der Waals surface area contributed by atoms with Gasteiger partial charge in [0.2, 0.25) is 0 Å². The fraction of sp³-hybridized carbons (Fsp3) is 0.600. The maximum absolute atomic E-state index is 5.97. The van der Waals surface area contributed by atoms with Crippen molar-refractivity contribution in [3.63, 3.8) is 0 Å². The van der Waals surface area contributed by atoms with Crippen LogP contribution in [0, 0.1) is 12.3 Å². The van der Waals surface area contributed by atoms with E-state index in [1.54, 1.807) is 7.11 Å². The lowest BCUT2D eigenvalue weighted by Gasteiger charge is -2.40. The fourth-order valence-corrected chi connectivity index (χ4v) is 2.66. The predicted octanol–water partition coefficient (Wildman–Crippen LogP) is 2.47. The molecule has 0 radical (unpaired) electrons. The van der Waals surface area contributed by atoms with Crippen molar-refractivity contribution in [2.45, 2.75) is 26.2 Å². The monoisotopic (exact) mass is 249 g/mol. The van der Waals surface area contributed by atoms with Crippen LogP contribution in [0.4, 0.5) is 0 Å². The average molecular weight is 249 g/mol. The summed E-state index contributed by atoms with van der Waals surface area (Å²) < 4.78 is 10.8. The molecule has 2 N–H and O–H groups in total. The van der Waals surface area contributed by atoms with E-state index in [2.05, 4.69) is 26.0 Å². The summed E-state index contributed by atoms with van der Waals surface area (Å²) in [5.74, 6) is 1.29. The molecule has 0 bridgehead atoms. The quantitative estimate of drug-likeness (QED) is 0.872. The van der Waals surface area contributed by atoms with Crippen molar-refractivity contribution in [3.8, 4) is 5.75 Å². The van der Waals surface area contributed by atoms with Crippen molar-refractivity contribution >= 4 is 0 Å². The Morgan fingerprint density at radius 3 is 2.67 bits per heavy atom. The van der Waals surface area contributed by atoms with Gasteiger partial charge in [-0.15, -0.1) is 0 Å². The highest BCUT2D eigenvalue weighted by Crippen LogP contribution is 2.39. The molecule has 18 heavy (non-hydrogen) atoms. The topological polar surface area (TPSA) is 44.5 Å². The molecule has 1 atom stereocenters. The lowest BCUT2D eigenvalue weighted by molar-refractivity contribution is -0.108. The van der Waals surface area contributed by atoms with Gasteiger partial charge < -0.3 is 15.2 Å². The van der Waals surface area contributed by atoms with Gasteiger partial charge in [-0.05, 0) is 31.5 Å². The molecule has 0 spiro atoms. The van der Waals surface area contributed by atoms with Crippen LogP contribution in [0.2, 0.25) is 0 Å². The van der Waals surface area contributed by atoms with Crippen LogP contribution in [0.1, 0.15) is 30.4 Å². The van der Waals surface area contributed by atoms with Gasteiger partial charge in [0.15, 0.2) is 0 Å². The summed E-state index contributed by atoms with van der Waals surface area (Å²) >= 11 is 0. The lowest BCUT2D eigenvalue weighted by atomic mass is 9.76. The minimum Gasteiger partial charge on any atom is -0.496 e. The Balaban J connectivity index is 2.23. The molecule has 1 fully saturated rings. The Morgan fingerprint density at radius 2 is 2.17 bits per heavy atom. The first-order valence-corrected chi connectivity index (χ1v) is 6.50. The van der Waals surface area contributed by atoms with Crippen LogP contribution in [-0.4, -0.2) is 26.9 Å². The second kappa shape index (κ2) is 5.29. The minimum absolute atomic E-state index is 0.277. The molecule has 1 aliphatic heterocycles. The first-order valence-electron chi connectivity index (χ1n) is 6.50. The second-order valence-corrected chi connectivity index (χ2v) is 5.69. The van der Waals surface area contributed by atoms with E-state index >= 15 is 0 Å². The number of aryl methyl sites for hydroxylation is 1. The van der Waals surface area contributed by atoms with E-state index in [0.717, 1.165) is 25.4 Å². The first kappa shape index (κ1) is 13.4. The van der Waals surface area contributed by atoms with Crippen LogP contribution in [-0.2, 0) is 4.74 Å². The summed E-state index contributed by atoms with van der Waals surface area (Å²) in [5.41, 5.74) is 8.72. The van der Waals surface area contributed by atoms with E-state index in [9.17, 15) is 0 Å². The molecule has 1 aromatic rings. The summed E-state index contributed by atoms with van der Waals surface area (Å²) in [6.45, 7) is 6.71. The van der Waals surface area contributed by atoms with Crippen LogP contribution in [0.3, 0.4) is 0 Å². The van der Waals surface area contributed by atoms with E-state index in [-0.39, 0.29) is 5.41 Å². The Labute approximate surface area is 109 Å². The Bertz CT molecular complexity index is 413. The third-order valence-corrected chi connectivity index (χ3v) is 3.75. The maximum Gasteiger partial charge on any atom is 0.122 e. The maximum atomic E-state index is 5.97. The summed E-state index contributed by atoms with van der Waals surface area (Å²) in [6.07, 6.45) is 1.06. The smallest absolute Gasteiger partial charge is 0.122 e. The van der Waals surface area contributed by atoms with E-state index in [4.69, 9.17) is 15.2 Å². The third-order valence-electron chi connectivity index (χ3n) is 3.75.